The molecule has 0 radical (unpaired) electrons. The molecule has 0 fully saturated rings. The minimum atomic E-state index is -4.86. The average Bonchev–Trinajstić information content (AvgIpc) is 2.11. The molecule has 1 N–H and O–H groups in total. The maximum absolute atomic E-state index is 12.0. The van der Waals surface area contributed by atoms with Crippen LogP contribution in [0.4, 0.5) is 13.2 Å². The fourth-order valence-electron chi connectivity index (χ4n) is 0.795. The van der Waals surface area contributed by atoms with Gasteiger partial charge in [0, 0.05) is 0 Å². The molecule has 0 atom stereocenters. The van der Waals surface area contributed by atoms with Crippen molar-refractivity contribution in [2.45, 2.75) is 6.36 Å². The second-order valence-corrected chi connectivity index (χ2v) is 3.42. The number of aromatic nitrogens is 1. The van der Waals surface area contributed by atoms with Crippen LogP contribution >= 0.6 is 22.6 Å². The van der Waals surface area contributed by atoms with Gasteiger partial charge < -0.3 is 14.6 Å². The lowest BCUT2D eigenvalue weighted by atomic mass is 10.4. The summed E-state index contributed by atoms with van der Waals surface area (Å²) in [6.45, 7) is 0. The molecule has 0 aliphatic carbocycles. The Labute approximate surface area is 96.2 Å². The molecule has 0 saturated carbocycles. The van der Waals surface area contributed by atoms with E-state index in [9.17, 15) is 13.2 Å². The number of alkyl halides is 3. The minimum absolute atomic E-state index is 0.114. The summed E-state index contributed by atoms with van der Waals surface area (Å²) < 4.78 is 44.1. The molecule has 1 aromatic heterocycles. The standard InChI is InChI=1S/C7H5F3INO3/c1-14-6-5(15-7(8,9)10)4(11)3(13)2-12-6/h2,13H,1H3. The molecule has 0 amide bonds. The van der Waals surface area contributed by atoms with E-state index in [0.717, 1.165) is 13.3 Å². The average molecular weight is 335 g/mol. The third kappa shape index (κ3) is 3.01. The van der Waals surface area contributed by atoms with Crippen LogP contribution in [0.1, 0.15) is 0 Å². The molecule has 0 aliphatic heterocycles. The van der Waals surface area contributed by atoms with Gasteiger partial charge in [-0.25, -0.2) is 4.98 Å². The molecule has 0 unspecified atom stereocenters. The Morgan fingerprint density at radius 2 is 2.07 bits per heavy atom. The number of hydrogen-bond acceptors (Lipinski definition) is 4. The summed E-state index contributed by atoms with van der Waals surface area (Å²) in [6, 6.07) is 0. The molecular formula is C7H5F3INO3. The van der Waals surface area contributed by atoms with Crippen LogP contribution in [0.2, 0.25) is 0 Å². The first-order valence-corrected chi connectivity index (χ1v) is 4.60. The molecule has 0 bridgehead atoms. The lowest BCUT2D eigenvalue weighted by Crippen LogP contribution is -2.18. The number of methoxy groups -OCH3 is 1. The van der Waals surface area contributed by atoms with Gasteiger partial charge in [0.1, 0.15) is 3.57 Å². The monoisotopic (exact) mass is 335 g/mol. The van der Waals surface area contributed by atoms with Crippen molar-refractivity contribution in [2.75, 3.05) is 7.11 Å². The second-order valence-electron chi connectivity index (χ2n) is 2.34. The zero-order chi connectivity index (χ0) is 11.6. The largest absolute Gasteiger partial charge is 0.573 e. The van der Waals surface area contributed by atoms with Crippen molar-refractivity contribution >= 4 is 22.6 Å². The molecule has 0 aliphatic rings. The van der Waals surface area contributed by atoms with E-state index in [0.29, 0.717) is 0 Å². The quantitative estimate of drug-likeness (QED) is 0.843. The van der Waals surface area contributed by atoms with Gasteiger partial charge in [-0.2, -0.15) is 0 Å². The van der Waals surface area contributed by atoms with Gasteiger partial charge in [0.15, 0.2) is 5.75 Å². The van der Waals surface area contributed by atoms with Gasteiger partial charge in [0.2, 0.25) is 5.75 Å². The van der Waals surface area contributed by atoms with E-state index in [1.54, 1.807) is 0 Å². The van der Waals surface area contributed by atoms with E-state index in [1.807, 2.05) is 0 Å². The number of rotatable bonds is 2. The Bertz CT molecular complexity index is 369. The third-order valence-electron chi connectivity index (χ3n) is 1.33. The zero-order valence-corrected chi connectivity index (χ0v) is 9.46. The summed E-state index contributed by atoms with van der Waals surface area (Å²) in [5.41, 5.74) is 0. The Morgan fingerprint density at radius 3 is 2.53 bits per heavy atom. The molecular weight excluding hydrogens is 330 g/mol. The minimum Gasteiger partial charge on any atom is -0.505 e. The van der Waals surface area contributed by atoms with E-state index < -0.39 is 17.9 Å². The maximum atomic E-state index is 12.0. The van der Waals surface area contributed by atoms with Gasteiger partial charge in [-0.15, -0.1) is 13.2 Å². The van der Waals surface area contributed by atoms with Crippen LogP contribution in [0.15, 0.2) is 6.20 Å². The summed E-state index contributed by atoms with van der Waals surface area (Å²) in [4.78, 5) is 3.44. The van der Waals surface area contributed by atoms with E-state index in [4.69, 9.17) is 5.11 Å². The summed E-state index contributed by atoms with van der Waals surface area (Å²) in [5.74, 6) is -1.39. The van der Waals surface area contributed by atoms with Crippen LogP contribution in [0.5, 0.6) is 17.4 Å². The highest BCUT2D eigenvalue weighted by Crippen LogP contribution is 2.38. The highest BCUT2D eigenvalue weighted by atomic mass is 127. The van der Waals surface area contributed by atoms with Gasteiger partial charge in [0.25, 0.3) is 5.88 Å². The Balaban J connectivity index is 3.18. The molecule has 1 heterocycles. The van der Waals surface area contributed by atoms with E-state index in [-0.39, 0.29) is 9.45 Å². The SMILES string of the molecule is COc1ncc(O)c(I)c1OC(F)(F)F. The highest BCUT2D eigenvalue weighted by Gasteiger charge is 2.34. The topological polar surface area (TPSA) is 51.6 Å². The zero-order valence-electron chi connectivity index (χ0n) is 7.30. The summed E-state index contributed by atoms with van der Waals surface area (Å²) in [5, 5.41) is 9.14. The number of pyridine rings is 1. The molecule has 0 aromatic carbocycles. The lowest BCUT2D eigenvalue weighted by molar-refractivity contribution is -0.275. The second kappa shape index (κ2) is 4.29. The number of halogens is 4. The fourth-order valence-corrected chi connectivity index (χ4v) is 1.27. The fraction of sp³-hybridized carbons (Fsp3) is 0.286. The lowest BCUT2D eigenvalue weighted by Gasteiger charge is -2.13. The first kappa shape index (κ1) is 12.1. The van der Waals surface area contributed by atoms with Crippen LogP contribution in [-0.2, 0) is 0 Å². The molecule has 1 rings (SSSR count). The maximum Gasteiger partial charge on any atom is 0.573 e. The van der Waals surface area contributed by atoms with Crippen molar-refractivity contribution in [1.82, 2.24) is 4.98 Å². The van der Waals surface area contributed by atoms with Crippen molar-refractivity contribution in [3.05, 3.63) is 9.77 Å². The first-order valence-electron chi connectivity index (χ1n) is 3.52. The normalized spacial score (nSPS) is 11.3. The van der Waals surface area contributed by atoms with Crippen molar-refractivity contribution in [3.8, 4) is 17.4 Å². The Kier molecular flexibility index (Phi) is 3.47. The first-order chi connectivity index (χ1) is 6.85. The van der Waals surface area contributed by atoms with Gasteiger partial charge in [-0.1, -0.05) is 0 Å². The third-order valence-corrected chi connectivity index (χ3v) is 2.38. The van der Waals surface area contributed by atoms with Gasteiger partial charge in [-0.3, -0.25) is 0 Å². The van der Waals surface area contributed by atoms with Crippen LogP contribution in [0, 0.1) is 3.57 Å². The number of ether oxygens (including phenoxy) is 2. The van der Waals surface area contributed by atoms with E-state index >= 15 is 0 Å². The van der Waals surface area contributed by atoms with Crippen LogP contribution in [0.3, 0.4) is 0 Å². The van der Waals surface area contributed by atoms with Gasteiger partial charge in [-0.05, 0) is 22.6 Å². The van der Waals surface area contributed by atoms with Crippen LogP contribution in [0.25, 0.3) is 0 Å². The molecule has 84 valence electrons. The molecule has 0 saturated heterocycles. The number of nitrogens with zero attached hydrogens (tertiary/aromatic N) is 1. The van der Waals surface area contributed by atoms with Crippen molar-refractivity contribution in [1.29, 1.82) is 0 Å². The smallest absolute Gasteiger partial charge is 0.505 e. The van der Waals surface area contributed by atoms with Crippen molar-refractivity contribution in [3.63, 3.8) is 0 Å². The summed E-state index contributed by atoms with van der Waals surface area (Å²) >= 11 is 1.50. The number of aromatic hydroxyl groups is 1. The molecule has 4 nitrogen and oxygen atoms in total. The van der Waals surface area contributed by atoms with Crippen LogP contribution < -0.4 is 9.47 Å². The Hall–Kier alpha value is -0.930. The van der Waals surface area contributed by atoms with Gasteiger partial charge >= 0.3 is 6.36 Å². The molecule has 8 heteroatoms. The van der Waals surface area contributed by atoms with E-state index in [1.165, 1.54) is 22.6 Å². The molecule has 1 aromatic rings. The summed E-state index contributed by atoms with van der Waals surface area (Å²) in [7, 11) is 1.15. The Morgan fingerprint density at radius 1 is 1.47 bits per heavy atom. The predicted octanol–water partition coefficient (Wildman–Crippen LogP) is 2.30. The predicted molar refractivity (Wildman–Crippen MR) is 51.9 cm³/mol. The van der Waals surface area contributed by atoms with Crippen molar-refractivity contribution in [2.24, 2.45) is 0 Å². The summed E-state index contributed by atoms with van der Waals surface area (Å²) in [6.07, 6.45) is -3.88. The van der Waals surface area contributed by atoms with Crippen molar-refractivity contribution < 1.29 is 27.8 Å². The molecule has 15 heavy (non-hydrogen) atoms. The molecule has 0 spiro atoms. The van der Waals surface area contributed by atoms with E-state index in [2.05, 4.69) is 14.5 Å². The van der Waals surface area contributed by atoms with Crippen LogP contribution in [-0.4, -0.2) is 23.6 Å². The highest BCUT2D eigenvalue weighted by molar-refractivity contribution is 14.1. The number of hydrogen-bond donors (Lipinski definition) is 1. The van der Waals surface area contributed by atoms with Gasteiger partial charge in [0.05, 0.1) is 13.3 Å².